The number of fused-ring (bicyclic) bond motifs is 1. The van der Waals surface area contributed by atoms with Gasteiger partial charge in [0.05, 0.1) is 5.75 Å². The lowest BCUT2D eigenvalue weighted by atomic mass is 10.0. The van der Waals surface area contributed by atoms with Crippen molar-refractivity contribution in [2.75, 3.05) is 26.4 Å². The molecule has 0 bridgehead atoms. The van der Waals surface area contributed by atoms with Crippen LogP contribution in [0.3, 0.4) is 0 Å². The van der Waals surface area contributed by atoms with E-state index in [0.717, 1.165) is 22.1 Å². The highest BCUT2D eigenvalue weighted by Crippen LogP contribution is 2.22. The first-order valence-electron chi connectivity index (χ1n) is 7.35. The predicted octanol–water partition coefficient (Wildman–Crippen LogP) is 1.39. The molecule has 1 heterocycles. The Morgan fingerprint density at radius 3 is 2.52 bits per heavy atom. The van der Waals surface area contributed by atoms with Gasteiger partial charge < -0.3 is 9.73 Å². The maximum absolute atomic E-state index is 11.7. The molecule has 0 fully saturated rings. The Hall–Kier alpha value is -1.70. The molecule has 0 aliphatic heterocycles. The largest absolute Gasteiger partial charge is 0.422 e. The lowest BCUT2D eigenvalue weighted by molar-refractivity contribution is 0.517. The molecule has 6 nitrogen and oxygen atoms in total. The summed E-state index contributed by atoms with van der Waals surface area (Å²) in [5, 5.41) is 3.96. The second-order valence-electron chi connectivity index (χ2n) is 5.82. The van der Waals surface area contributed by atoms with Crippen molar-refractivity contribution >= 4 is 21.0 Å². The number of aryl methyl sites for hydroxylation is 2. The average Bonchev–Trinajstić information content (AvgIpc) is 2.44. The van der Waals surface area contributed by atoms with Gasteiger partial charge in [0.1, 0.15) is 5.58 Å². The summed E-state index contributed by atoms with van der Waals surface area (Å²) in [5.41, 5.74) is 2.99. The SMILES string of the molecule is Cc1cc(C)c2oc(=O)cc(CNCCS(=O)(=O)N(C)C)c2c1. The lowest BCUT2D eigenvalue weighted by Gasteiger charge is -2.12. The van der Waals surface area contributed by atoms with E-state index < -0.39 is 15.6 Å². The number of hydrogen-bond donors (Lipinski definition) is 1. The molecule has 1 aromatic carbocycles. The maximum Gasteiger partial charge on any atom is 0.336 e. The zero-order chi connectivity index (χ0) is 17.2. The molecule has 0 radical (unpaired) electrons. The first kappa shape index (κ1) is 17.7. The van der Waals surface area contributed by atoms with Crippen LogP contribution >= 0.6 is 0 Å². The highest BCUT2D eigenvalue weighted by molar-refractivity contribution is 7.89. The Labute approximate surface area is 136 Å². The zero-order valence-corrected chi connectivity index (χ0v) is 14.7. The molecule has 2 rings (SSSR count). The summed E-state index contributed by atoms with van der Waals surface area (Å²) in [6.07, 6.45) is 0. The number of nitrogens with one attached hydrogen (secondary N) is 1. The normalized spacial score (nSPS) is 12.2. The zero-order valence-electron chi connectivity index (χ0n) is 13.8. The van der Waals surface area contributed by atoms with Gasteiger partial charge in [0.2, 0.25) is 10.0 Å². The molecule has 0 atom stereocenters. The molecule has 0 saturated carbocycles. The van der Waals surface area contributed by atoms with Crippen LogP contribution in [0.4, 0.5) is 0 Å². The number of rotatable bonds is 6. The van der Waals surface area contributed by atoms with E-state index in [1.165, 1.54) is 24.5 Å². The van der Waals surface area contributed by atoms with Crippen molar-refractivity contribution in [3.63, 3.8) is 0 Å². The first-order valence-corrected chi connectivity index (χ1v) is 8.96. The molecule has 0 unspecified atom stereocenters. The van der Waals surface area contributed by atoms with Crippen molar-refractivity contribution in [2.45, 2.75) is 20.4 Å². The second-order valence-corrected chi connectivity index (χ2v) is 8.13. The molecule has 1 aromatic heterocycles. The third-order valence-corrected chi connectivity index (χ3v) is 5.50. The van der Waals surface area contributed by atoms with Gasteiger partial charge in [-0.1, -0.05) is 6.07 Å². The van der Waals surface area contributed by atoms with Crippen LogP contribution in [0, 0.1) is 13.8 Å². The quantitative estimate of drug-likeness (QED) is 0.636. The van der Waals surface area contributed by atoms with E-state index in [0.29, 0.717) is 18.7 Å². The van der Waals surface area contributed by atoms with E-state index in [1.807, 2.05) is 26.0 Å². The van der Waals surface area contributed by atoms with Crippen molar-refractivity contribution in [1.29, 1.82) is 0 Å². The fourth-order valence-electron chi connectivity index (χ4n) is 2.43. The molecule has 0 aliphatic rings. The Kier molecular flexibility index (Phi) is 5.23. The van der Waals surface area contributed by atoms with Gasteiger partial charge in [-0.2, -0.15) is 0 Å². The standard InChI is InChI=1S/C16H22N2O4S/c1-11-7-12(2)16-14(8-11)13(9-15(19)22-16)10-17-5-6-23(20,21)18(3)4/h7-9,17H,5-6,10H2,1-4H3. The molecular weight excluding hydrogens is 316 g/mol. The number of benzene rings is 1. The summed E-state index contributed by atoms with van der Waals surface area (Å²) < 4.78 is 29.9. The number of nitrogens with zero attached hydrogens (tertiary/aromatic N) is 1. The smallest absolute Gasteiger partial charge is 0.336 e. The van der Waals surface area contributed by atoms with Crippen molar-refractivity contribution in [2.24, 2.45) is 0 Å². The first-order chi connectivity index (χ1) is 10.7. The second kappa shape index (κ2) is 6.82. The Morgan fingerprint density at radius 1 is 1.17 bits per heavy atom. The van der Waals surface area contributed by atoms with E-state index >= 15 is 0 Å². The number of hydrogen-bond acceptors (Lipinski definition) is 5. The Morgan fingerprint density at radius 2 is 1.87 bits per heavy atom. The summed E-state index contributed by atoms with van der Waals surface area (Å²) in [7, 11) is -0.205. The van der Waals surface area contributed by atoms with Crippen LogP contribution in [0.5, 0.6) is 0 Å². The van der Waals surface area contributed by atoms with Crippen LogP contribution in [0.2, 0.25) is 0 Å². The summed E-state index contributed by atoms with van der Waals surface area (Å²) in [6.45, 7) is 4.61. The van der Waals surface area contributed by atoms with E-state index in [9.17, 15) is 13.2 Å². The summed E-state index contributed by atoms with van der Waals surface area (Å²) in [5.74, 6) is 0.0113. The summed E-state index contributed by atoms with van der Waals surface area (Å²) in [6, 6.07) is 5.39. The highest BCUT2D eigenvalue weighted by atomic mass is 32.2. The van der Waals surface area contributed by atoms with Gasteiger partial charge in [0.25, 0.3) is 0 Å². The van der Waals surface area contributed by atoms with Crippen LogP contribution < -0.4 is 10.9 Å². The predicted molar refractivity (Wildman–Crippen MR) is 91.1 cm³/mol. The Bertz CT molecular complexity index is 870. The minimum absolute atomic E-state index is 0.0113. The van der Waals surface area contributed by atoms with Crippen LogP contribution in [0.25, 0.3) is 11.0 Å². The van der Waals surface area contributed by atoms with Gasteiger partial charge in [0.15, 0.2) is 0 Å². The number of sulfonamides is 1. The van der Waals surface area contributed by atoms with E-state index in [2.05, 4.69) is 5.32 Å². The van der Waals surface area contributed by atoms with Crippen LogP contribution in [-0.4, -0.2) is 39.1 Å². The van der Waals surface area contributed by atoms with Gasteiger partial charge in [-0.15, -0.1) is 0 Å². The third kappa shape index (κ3) is 4.19. The van der Waals surface area contributed by atoms with Gasteiger partial charge in [-0.3, -0.25) is 0 Å². The van der Waals surface area contributed by atoms with Crippen LogP contribution in [-0.2, 0) is 16.6 Å². The van der Waals surface area contributed by atoms with Crippen molar-refractivity contribution in [1.82, 2.24) is 9.62 Å². The van der Waals surface area contributed by atoms with E-state index in [-0.39, 0.29) is 5.75 Å². The monoisotopic (exact) mass is 338 g/mol. The molecule has 0 amide bonds. The third-order valence-electron chi connectivity index (χ3n) is 3.67. The topological polar surface area (TPSA) is 79.6 Å². The maximum atomic E-state index is 11.7. The van der Waals surface area contributed by atoms with Crippen molar-refractivity contribution in [3.05, 3.63) is 45.3 Å². The van der Waals surface area contributed by atoms with Crippen molar-refractivity contribution in [3.8, 4) is 0 Å². The van der Waals surface area contributed by atoms with Gasteiger partial charge in [0, 0.05) is 38.6 Å². The van der Waals surface area contributed by atoms with Gasteiger partial charge in [-0.25, -0.2) is 17.5 Å². The fourth-order valence-corrected chi connectivity index (χ4v) is 3.20. The highest BCUT2D eigenvalue weighted by Gasteiger charge is 2.13. The molecule has 0 saturated heterocycles. The Balaban J connectivity index is 2.19. The minimum atomic E-state index is -3.23. The van der Waals surface area contributed by atoms with Crippen LogP contribution in [0.15, 0.2) is 27.4 Å². The molecule has 0 spiro atoms. The van der Waals surface area contributed by atoms with Crippen molar-refractivity contribution < 1.29 is 12.8 Å². The summed E-state index contributed by atoms with van der Waals surface area (Å²) in [4.78, 5) is 11.7. The fraction of sp³-hybridized carbons (Fsp3) is 0.438. The molecule has 0 aliphatic carbocycles. The van der Waals surface area contributed by atoms with Gasteiger partial charge in [-0.05, 0) is 36.6 Å². The average molecular weight is 338 g/mol. The molecule has 126 valence electrons. The lowest BCUT2D eigenvalue weighted by Crippen LogP contribution is -2.31. The molecule has 2 aromatic rings. The minimum Gasteiger partial charge on any atom is -0.422 e. The van der Waals surface area contributed by atoms with Crippen LogP contribution in [0.1, 0.15) is 16.7 Å². The molecule has 23 heavy (non-hydrogen) atoms. The van der Waals surface area contributed by atoms with Gasteiger partial charge >= 0.3 is 5.63 Å². The van der Waals surface area contributed by atoms with E-state index in [4.69, 9.17) is 4.42 Å². The molecule has 7 heteroatoms. The molecule has 1 N–H and O–H groups in total. The van der Waals surface area contributed by atoms with E-state index in [1.54, 1.807) is 0 Å². The summed E-state index contributed by atoms with van der Waals surface area (Å²) >= 11 is 0. The molecular formula is C16H22N2O4S.